The molecule has 3 nitrogen and oxygen atoms in total. The molecule has 0 atom stereocenters. The van der Waals surface area contributed by atoms with E-state index in [1.807, 2.05) is 6.92 Å². The molecule has 2 rings (SSSR count). The van der Waals surface area contributed by atoms with Crippen LogP contribution in [-0.2, 0) is 0 Å². The standard InChI is InChI=1S/C15H14ClNO2/c1-9-3-4-11(8-13(9)16)15(19)17-12-5-6-14(18)10(2)7-12/h3-8,18H,1-2H3,(H,17,19). The number of halogens is 1. The number of phenols is 1. The van der Waals surface area contributed by atoms with Crippen molar-refractivity contribution in [2.75, 3.05) is 5.32 Å². The molecule has 0 aromatic heterocycles. The minimum Gasteiger partial charge on any atom is -0.508 e. The maximum absolute atomic E-state index is 12.0. The van der Waals surface area contributed by atoms with Crippen molar-refractivity contribution in [3.63, 3.8) is 0 Å². The Balaban J connectivity index is 2.20. The summed E-state index contributed by atoms with van der Waals surface area (Å²) in [5.74, 6) is -0.0247. The Hall–Kier alpha value is -2.00. The molecule has 0 aliphatic rings. The van der Waals surface area contributed by atoms with E-state index in [0.717, 1.165) is 5.56 Å². The fourth-order valence-corrected chi connectivity index (χ4v) is 1.85. The molecule has 0 radical (unpaired) electrons. The number of rotatable bonds is 2. The zero-order valence-electron chi connectivity index (χ0n) is 10.7. The van der Waals surface area contributed by atoms with Crippen molar-refractivity contribution in [3.8, 4) is 5.75 Å². The summed E-state index contributed by atoms with van der Waals surface area (Å²) in [6, 6.07) is 10.1. The van der Waals surface area contributed by atoms with Gasteiger partial charge in [-0.15, -0.1) is 0 Å². The van der Waals surface area contributed by atoms with Crippen LogP contribution in [0.3, 0.4) is 0 Å². The van der Waals surface area contributed by atoms with Crippen LogP contribution in [0.2, 0.25) is 5.02 Å². The minimum absolute atomic E-state index is 0.205. The number of nitrogens with one attached hydrogen (secondary N) is 1. The molecule has 2 N–H and O–H groups in total. The summed E-state index contributed by atoms with van der Waals surface area (Å²) >= 11 is 5.99. The van der Waals surface area contributed by atoms with Crippen molar-refractivity contribution in [3.05, 3.63) is 58.1 Å². The summed E-state index contributed by atoms with van der Waals surface area (Å²) < 4.78 is 0. The molecule has 0 saturated heterocycles. The second kappa shape index (κ2) is 5.33. The van der Waals surface area contributed by atoms with Gasteiger partial charge in [-0.05, 0) is 55.3 Å². The second-order valence-corrected chi connectivity index (χ2v) is 4.83. The normalized spacial score (nSPS) is 10.3. The van der Waals surface area contributed by atoms with E-state index in [1.165, 1.54) is 0 Å². The molecule has 19 heavy (non-hydrogen) atoms. The third kappa shape index (κ3) is 3.06. The molecule has 1 amide bonds. The van der Waals surface area contributed by atoms with Gasteiger partial charge in [0.1, 0.15) is 5.75 Å². The van der Waals surface area contributed by atoms with E-state index in [2.05, 4.69) is 5.32 Å². The maximum Gasteiger partial charge on any atom is 0.255 e. The summed E-state index contributed by atoms with van der Waals surface area (Å²) in [6.45, 7) is 3.65. The number of carbonyl (C=O) groups is 1. The Kier molecular flexibility index (Phi) is 3.76. The number of anilines is 1. The van der Waals surface area contributed by atoms with E-state index in [4.69, 9.17) is 11.6 Å². The number of benzene rings is 2. The summed E-state index contributed by atoms with van der Waals surface area (Å²) in [7, 11) is 0. The van der Waals surface area contributed by atoms with Crippen molar-refractivity contribution in [2.45, 2.75) is 13.8 Å². The van der Waals surface area contributed by atoms with Crippen LogP contribution in [-0.4, -0.2) is 11.0 Å². The first-order chi connectivity index (χ1) is 8.97. The Morgan fingerprint density at radius 3 is 2.47 bits per heavy atom. The topological polar surface area (TPSA) is 49.3 Å². The number of aryl methyl sites for hydroxylation is 2. The largest absolute Gasteiger partial charge is 0.508 e. The van der Waals surface area contributed by atoms with Crippen molar-refractivity contribution < 1.29 is 9.90 Å². The SMILES string of the molecule is Cc1cc(NC(=O)c2ccc(C)c(Cl)c2)ccc1O. The lowest BCUT2D eigenvalue weighted by molar-refractivity contribution is 0.102. The molecule has 0 heterocycles. The fraction of sp³-hybridized carbons (Fsp3) is 0.133. The summed E-state index contributed by atoms with van der Waals surface area (Å²) in [5.41, 5.74) is 2.77. The third-order valence-electron chi connectivity index (χ3n) is 2.89. The first-order valence-electron chi connectivity index (χ1n) is 5.84. The highest BCUT2D eigenvalue weighted by Crippen LogP contribution is 2.21. The van der Waals surface area contributed by atoms with Gasteiger partial charge in [-0.1, -0.05) is 17.7 Å². The number of hydrogen-bond donors (Lipinski definition) is 2. The van der Waals surface area contributed by atoms with Gasteiger partial charge in [0.05, 0.1) is 0 Å². The Bertz CT molecular complexity index is 638. The van der Waals surface area contributed by atoms with Crippen molar-refractivity contribution in [2.24, 2.45) is 0 Å². The van der Waals surface area contributed by atoms with Crippen LogP contribution in [0.4, 0.5) is 5.69 Å². The van der Waals surface area contributed by atoms with Gasteiger partial charge in [0.15, 0.2) is 0 Å². The molecule has 2 aromatic carbocycles. The highest BCUT2D eigenvalue weighted by molar-refractivity contribution is 6.31. The van der Waals surface area contributed by atoms with E-state index < -0.39 is 0 Å². The molecule has 0 fully saturated rings. The van der Waals surface area contributed by atoms with Crippen molar-refractivity contribution in [1.29, 1.82) is 0 Å². The van der Waals surface area contributed by atoms with E-state index in [0.29, 0.717) is 21.8 Å². The lowest BCUT2D eigenvalue weighted by Crippen LogP contribution is -2.12. The van der Waals surface area contributed by atoms with Gasteiger partial charge in [0.25, 0.3) is 5.91 Å². The molecule has 0 bridgehead atoms. The van der Waals surface area contributed by atoms with Crippen LogP contribution in [0.5, 0.6) is 5.75 Å². The average Bonchev–Trinajstić information content (AvgIpc) is 2.37. The summed E-state index contributed by atoms with van der Waals surface area (Å²) in [5, 5.41) is 12.8. The Morgan fingerprint density at radius 2 is 1.84 bits per heavy atom. The highest BCUT2D eigenvalue weighted by Gasteiger charge is 2.08. The Labute approximate surface area is 116 Å². The summed E-state index contributed by atoms with van der Waals surface area (Å²) in [4.78, 5) is 12.0. The Morgan fingerprint density at radius 1 is 1.11 bits per heavy atom. The monoisotopic (exact) mass is 275 g/mol. The first kappa shape index (κ1) is 13.4. The van der Waals surface area contributed by atoms with Crippen LogP contribution in [0.25, 0.3) is 0 Å². The number of aromatic hydroxyl groups is 1. The smallest absolute Gasteiger partial charge is 0.255 e. The second-order valence-electron chi connectivity index (χ2n) is 4.42. The quantitative estimate of drug-likeness (QED) is 0.816. The van der Waals surface area contributed by atoms with E-state index in [-0.39, 0.29) is 11.7 Å². The minimum atomic E-state index is -0.230. The molecule has 0 spiro atoms. The van der Waals surface area contributed by atoms with E-state index >= 15 is 0 Å². The summed E-state index contributed by atoms with van der Waals surface area (Å²) in [6.07, 6.45) is 0. The molecule has 4 heteroatoms. The lowest BCUT2D eigenvalue weighted by atomic mass is 10.1. The molecule has 0 saturated carbocycles. The lowest BCUT2D eigenvalue weighted by Gasteiger charge is -2.08. The van der Waals surface area contributed by atoms with Gasteiger partial charge < -0.3 is 10.4 Å². The molecular formula is C15H14ClNO2. The van der Waals surface area contributed by atoms with Crippen LogP contribution < -0.4 is 5.32 Å². The van der Waals surface area contributed by atoms with Gasteiger partial charge in [0, 0.05) is 16.3 Å². The van der Waals surface area contributed by atoms with E-state index in [9.17, 15) is 9.90 Å². The van der Waals surface area contributed by atoms with Crippen LogP contribution in [0.15, 0.2) is 36.4 Å². The maximum atomic E-state index is 12.0. The van der Waals surface area contributed by atoms with Gasteiger partial charge in [-0.25, -0.2) is 0 Å². The zero-order chi connectivity index (χ0) is 14.0. The van der Waals surface area contributed by atoms with Gasteiger partial charge in [-0.2, -0.15) is 0 Å². The number of hydrogen-bond acceptors (Lipinski definition) is 2. The third-order valence-corrected chi connectivity index (χ3v) is 3.30. The van der Waals surface area contributed by atoms with Gasteiger partial charge in [-0.3, -0.25) is 4.79 Å². The van der Waals surface area contributed by atoms with Crippen LogP contribution >= 0.6 is 11.6 Å². The number of phenolic OH excluding ortho intramolecular Hbond substituents is 1. The predicted octanol–water partition coefficient (Wildman–Crippen LogP) is 3.91. The molecule has 2 aromatic rings. The average molecular weight is 276 g/mol. The fourth-order valence-electron chi connectivity index (χ4n) is 1.67. The molecular weight excluding hydrogens is 262 g/mol. The predicted molar refractivity (Wildman–Crippen MR) is 77.0 cm³/mol. The first-order valence-corrected chi connectivity index (χ1v) is 6.22. The highest BCUT2D eigenvalue weighted by atomic mass is 35.5. The van der Waals surface area contributed by atoms with Crippen LogP contribution in [0, 0.1) is 13.8 Å². The molecule has 0 aliphatic carbocycles. The van der Waals surface area contributed by atoms with Gasteiger partial charge in [0.2, 0.25) is 0 Å². The number of carbonyl (C=O) groups excluding carboxylic acids is 1. The molecule has 0 unspecified atom stereocenters. The molecule has 98 valence electrons. The molecule has 0 aliphatic heterocycles. The van der Waals surface area contributed by atoms with Crippen LogP contribution in [0.1, 0.15) is 21.5 Å². The van der Waals surface area contributed by atoms with E-state index in [1.54, 1.807) is 43.3 Å². The zero-order valence-corrected chi connectivity index (χ0v) is 11.5. The van der Waals surface area contributed by atoms with Gasteiger partial charge >= 0.3 is 0 Å². The van der Waals surface area contributed by atoms with Crippen molar-refractivity contribution >= 4 is 23.2 Å². The number of amides is 1. The van der Waals surface area contributed by atoms with Crippen molar-refractivity contribution in [1.82, 2.24) is 0 Å².